The summed E-state index contributed by atoms with van der Waals surface area (Å²) >= 11 is 0. The highest BCUT2D eigenvalue weighted by Crippen LogP contribution is 2.20. The average Bonchev–Trinajstić information content (AvgIpc) is 2.61. The van der Waals surface area contributed by atoms with Gasteiger partial charge < -0.3 is 4.90 Å². The van der Waals surface area contributed by atoms with E-state index in [1.807, 2.05) is 0 Å². The van der Waals surface area contributed by atoms with Crippen LogP contribution in [0.3, 0.4) is 0 Å². The van der Waals surface area contributed by atoms with Crippen molar-refractivity contribution in [1.82, 2.24) is 4.90 Å². The van der Waals surface area contributed by atoms with Crippen molar-refractivity contribution in [3.63, 3.8) is 0 Å². The zero-order valence-corrected chi connectivity index (χ0v) is 16.8. The third-order valence-electron chi connectivity index (χ3n) is 4.98. The second-order valence-corrected chi connectivity index (χ2v) is 8.32. The molecule has 1 saturated heterocycles. The van der Waals surface area contributed by atoms with E-state index in [0.29, 0.717) is 0 Å². The van der Waals surface area contributed by atoms with Crippen LogP contribution in [0, 0.1) is 11.8 Å². The van der Waals surface area contributed by atoms with Crippen molar-refractivity contribution in [2.24, 2.45) is 11.8 Å². The zero-order valence-electron chi connectivity index (χ0n) is 16.8. The molecular weight excluding hydrogens is 302 g/mol. The molecule has 1 fully saturated rings. The quantitative estimate of drug-likeness (QED) is 0.596. The van der Waals surface area contributed by atoms with Crippen LogP contribution < -0.4 is 0 Å². The van der Waals surface area contributed by atoms with Crippen LogP contribution in [0.5, 0.6) is 0 Å². The highest BCUT2D eigenvalue weighted by Gasteiger charge is 2.09. The summed E-state index contributed by atoms with van der Waals surface area (Å²) in [4.78, 5) is 2.61. The normalized spacial score (nSPS) is 15.4. The summed E-state index contributed by atoms with van der Waals surface area (Å²) in [5, 5.41) is 2.76. The zero-order chi connectivity index (χ0) is 18.1. The number of nitrogens with zero attached hydrogens (tertiary/aromatic N) is 1. The molecule has 25 heavy (non-hydrogen) atoms. The predicted octanol–water partition coefficient (Wildman–Crippen LogP) is 6.56. The van der Waals surface area contributed by atoms with E-state index in [2.05, 4.69) is 75.1 Å². The van der Waals surface area contributed by atoms with Gasteiger partial charge in [0.05, 0.1) is 0 Å². The molecule has 1 heteroatoms. The van der Waals surface area contributed by atoms with E-state index in [9.17, 15) is 0 Å². The Hall–Kier alpha value is -1.34. The Morgan fingerprint density at radius 1 is 0.800 bits per heavy atom. The van der Waals surface area contributed by atoms with Gasteiger partial charge in [0, 0.05) is 0 Å². The molecule has 1 heterocycles. The van der Waals surface area contributed by atoms with Gasteiger partial charge in [-0.05, 0) is 73.5 Å². The molecule has 0 unspecified atom stereocenters. The van der Waals surface area contributed by atoms with Crippen molar-refractivity contribution in [2.45, 2.75) is 59.8 Å². The minimum atomic E-state index is 0.723. The van der Waals surface area contributed by atoms with E-state index in [1.165, 1.54) is 68.1 Å². The van der Waals surface area contributed by atoms with Gasteiger partial charge in [0.2, 0.25) is 0 Å². The van der Waals surface area contributed by atoms with E-state index < -0.39 is 0 Å². The first kappa shape index (κ1) is 20.0. The minimum Gasteiger partial charge on any atom is -0.303 e. The number of hydrogen-bond donors (Lipinski definition) is 0. The molecule has 0 saturated carbocycles. The first-order valence-electron chi connectivity index (χ1n) is 10.2. The lowest BCUT2D eigenvalue weighted by Crippen LogP contribution is -2.31. The summed E-state index contributed by atoms with van der Waals surface area (Å²) in [6.07, 6.45) is 6.86. The van der Waals surface area contributed by atoms with Crippen molar-refractivity contribution in [3.8, 4) is 0 Å². The van der Waals surface area contributed by atoms with E-state index in [-0.39, 0.29) is 0 Å². The monoisotopic (exact) mass is 339 g/mol. The third kappa shape index (κ3) is 7.20. The van der Waals surface area contributed by atoms with Gasteiger partial charge >= 0.3 is 0 Å². The molecule has 1 aliphatic rings. The molecule has 1 aliphatic heterocycles. The topological polar surface area (TPSA) is 3.24 Å². The fourth-order valence-electron chi connectivity index (χ4n) is 3.53. The molecule has 0 bridgehead atoms. The first-order chi connectivity index (χ1) is 12.1. The van der Waals surface area contributed by atoms with Crippen molar-refractivity contribution < 1.29 is 0 Å². The Morgan fingerprint density at radius 2 is 1.48 bits per heavy atom. The fraction of sp³-hybridized carbons (Fsp3) is 0.583. The number of fused-ring (bicyclic) bond motifs is 1. The lowest BCUT2D eigenvalue weighted by molar-refractivity contribution is 0.217. The van der Waals surface area contributed by atoms with Gasteiger partial charge in [0.15, 0.2) is 0 Å². The third-order valence-corrected chi connectivity index (χ3v) is 4.98. The van der Waals surface area contributed by atoms with Crippen LogP contribution in [0.15, 0.2) is 42.5 Å². The molecule has 0 aromatic heterocycles. The van der Waals surface area contributed by atoms with Gasteiger partial charge in [-0.3, -0.25) is 0 Å². The van der Waals surface area contributed by atoms with Crippen LogP contribution >= 0.6 is 0 Å². The summed E-state index contributed by atoms with van der Waals surface area (Å²) in [5.74, 6) is 1.60. The maximum Gasteiger partial charge on any atom is -0.00163 e. The van der Waals surface area contributed by atoms with Crippen LogP contribution in [-0.4, -0.2) is 24.5 Å². The summed E-state index contributed by atoms with van der Waals surface area (Å²) < 4.78 is 0. The molecule has 0 radical (unpaired) electrons. The fourth-order valence-corrected chi connectivity index (χ4v) is 3.53. The second kappa shape index (κ2) is 10.6. The molecular formula is C24H37N. The Labute approximate surface area is 155 Å². The van der Waals surface area contributed by atoms with Crippen LogP contribution in [0.1, 0.15) is 58.9 Å². The predicted molar refractivity (Wildman–Crippen MR) is 112 cm³/mol. The lowest BCUT2D eigenvalue weighted by Gasteiger charge is -2.26. The largest absolute Gasteiger partial charge is 0.303 e. The highest BCUT2D eigenvalue weighted by molar-refractivity contribution is 5.85. The second-order valence-electron chi connectivity index (χ2n) is 8.32. The molecule has 0 spiro atoms. The van der Waals surface area contributed by atoms with E-state index in [0.717, 1.165) is 11.8 Å². The summed E-state index contributed by atoms with van der Waals surface area (Å²) in [6.45, 7) is 13.2. The van der Waals surface area contributed by atoms with E-state index >= 15 is 0 Å². The maximum atomic E-state index is 2.61. The van der Waals surface area contributed by atoms with Crippen molar-refractivity contribution in [3.05, 3.63) is 48.0 Å². The molecule has 138 valence electrons. The van der Waals surface area contributed by atoms with Gasteiger partial charge in [-0.15, -0.1) is 0 Å². The number of piperidine rings is 1. The van der Waals surface area contributed by atoms with Crippen LogP contribution in [-0.2, 0) is 6.42 Å². The van der Waals surface area contributed by atoms with Gasteiger partial charge in [-0.1, -0.05) is 76.6 Å². The molecule has 2 aromatic carbocycles. The number of hydrogen-bond acceptors (Lipinski definition) is 1. The van der Waals surface area contributed by atoms with Gasteiger partial charge in [0.1, 0.15) is 0 Å². The van der Waals surface area contributed by atoms with Crippen molar-refractivity contribution in [2.75, 3.05) is 19.6 Å². The molecule has 0 N–H and O–H groups in total. The van der Waals surface area contributed by atoms with Crippen LogP contribution in [0.4, 0.5) is 0 Å². The summed E-state index contributed by atoms with van der Waals surface area (Å²) in [6, 6.07) is 15.2. The van der Waals surface area contributed by atoms with E-state index in [4.69, 9.17) is 0 Å². The highest BCUT2D eigenvalue weighted by atomic mass is 15.1. The molecule has 3 rings (SSSR count). The molecule has 1 nitrogen and oxygen atoms in total. The SMILES string of the molecule is CC(C)CCN1CCCCC1.CC(C)Cc1cccc2ccccc12. The average molecular weight is 340 g/mol. The Kier molecular flexibility index (Phi) is 8.48. The number of likely N-dealkylation sites (tertiary alicyclic amines) is 1. The van der Waals surface area contributed by atoms with E-state index in [1.54, 1.807) is 0 Å². The number of benzene rings is 2. The Bertz CT molecular complexity index is 603. The Balaban J connectivity index is 0.000000186. The molecule has 2 aromatic rings. The summed E-state index contributed by atoms with van der Waals surface area (Å²) in [5.41, 5.74) is 1.47. The summed E-state index contributed by atoms with van der Waals surface area (Å²) in [7, 11) is 0. The Morgan fingerprint density at radius 3 is 2.16 bits per heavy atom. The smallest absolute Gasteiger partial charge is 0.00163 e. The van der Waals surface area contributed by atoms with Gasteiger partial charge in [0.25, 0.3) is 0 Å². The van der Waals surface area contributed by atoms with Crippen LogP contribution in [0.2, 0.25) is 0 Å². The molecule has 0 amide bonds. The molecule has 0 aliphatic carbocycles. The molecule has 0 atom stereocenters. The van der Waals surface area contributed by atoms with Gasteiger partial charge in [-0.25, -0.2) is 0 Å². The van der Waals surface area contributed by atoms with Crippen LogP contribution in [0.25, 0.3) is 10.8 Å². The first-order valence-corrected chi connectivity index (χ1v) is 10.2. The maximum absolute atomic E-state index is 2.61. The standard InChI is InChI=1S/C14H16.C10H21N/c1-11(2)10-13-8-5-7-12-6-3-4-9-14(12)13;1-10(2)6-9-11-7-4-3-5-8-11/h3-9,11H,10H2,1-2H3;10H,3-9H2,1-2H3. The van der Waals surface area contributed by atoms with Crippen molar-refractivity contribution in [1.29, 1.82) is 0 Å². The number of rotatable bonds is 5. The van der Waals surface area contributed by atoms with Gasteiger partial charge in [-0.2, -0.15) is 0 Å². The minimum absolute atomic E-state index is 0.723. The lowest BCUT2D eigenvalue weighted by atomic mass is 9.97. The van der Waals surface area contributed by atoms with Crippen molar-refractivity contribution >= 4 is 10.8 Å².